The van der Waals surface area contributed by atoms with E-state index in [4.69, 9.17) is 10.5 Å². The Bertz CT molecular complexity index is 1460. The van der Waals surface area contributed by atoms with Crippen molar-refractivity contribution in [1.29, 1.82) is 0 Å². The molecule has 240 valence electrons. The van der Waals surface area contributed by atoms with E-state index in [2.05, 4.69) is 10.3 Å². The molecule has 2 aliphatic rings. The van der Waals surface area contributed by atoms with Crippen molar-refractivity contribution in [3.63, 3.8) is 0 Å². The maximum Gasteiger partial charge on any atom is 0.471 e. The van der Waals surface area contributed by atoms with Crippen LogP contribution in [0, 0.1) is 0 Å². The Morgan fingerprint density at radius 3 is 2.22 bits per heavy atom. The number of benzene rings is 2. The van der Waals surface area contributed by atoms with E-state index >= 15 is 0 Å². The molecule has 0 spiro atoms. The van der Waals surface area contributed by atoms with Gasteiger partial charge in [0.25, 0.3) is 11.8 Å². The van der Waals surface area contributed by atoms with Gasteiger partial charge in [-0.05, 0) is 36.8 Å². The molecule has 0 saturated carbocycles. The number of aliphatic imine (C=N–C) groups is 1. The van der Waals surface area contributed by atoms with Gasteiger partial charge in [0.15, 0.2) is 0 Å². The molecule has 2 aromatic rings. The van der Waals surface area contributed by atoms with Crippen LogP contribution in [0.4, 0.5) is 18.0 Å². The molecule has 0 radical (unpaired) electrons. The highest BCUT2D eigenvalue weighted by Crippen LogP contribution is 2.33. The summed E-state index contributed by atoms with van der Waals surface area (Å²) in [4.78, 5) is 70.3. The van der Waals surface area contributed by atoms with Gasteiger partial charge in [-0.1, -0.05) is 67.6 Å². The maximum atomic E-state index is 13.8. The molecule has 0 aromatic heterocycles. The van der Waals surface area contributed by atoms with Crippen molar-refractivity contribution in [2.45, 2.75) is 63.0 Å². The van der Waals surface area contributed by atoms with Crippen LogP contribution in [0.5, 0.6) is 0 Å². The second kappa shape index (κ2) is 13.8. The highest BCUT2D eigenvalue weighted by atomic mass is 19.4. The third-order valence-electron chi connectivity index (χ3n) is 7.77. The number of guanidine groups is 1. The molecule has 0 unspecified atom stereocenters. The van der Waals surface area contributed by atoms with Gasteiger partial charge < -0.3 is 26.0 Å². The number of nitrogens with one attached hydrogen (secondary N) is 2. The van der Waals surface area contributed by atoms with Crippen LogP contribution in [0.15, 0.2) is 65.7 Å². The number of ether oxygens (including phenoxy) is 1. The van der Waals surface area contributed by atoms with Crippen LogP contribution in [-0.2, 0) is 36.1 Å². The average Bonchev–Trinajstić information content (AvgIpc) is 2.99. The second-order valence-electron chi connectivity index (χ2n) is 10.6. The van der Waals surface area contributed by atoms with Crippen LogP contribution in [0.2, 0.25) is 0 Å². The summed E-state index contributed by atoms with van der Waals surface area (Å²) in [5, 5.41) is 4.47. The van der Waals surface area contributed by atoms with Crippen LogP contribution in [-0.4, -0.2) is 76.8 Å². The molecule has 45 heavy (non-hydrogen) atoms. The summed E-state index contributed by atoms with van der Waals surface area (Å²) in [5.74, 6) is -4.92. The largest absolute Gasteiger partial charge is 0.471 e. The fourth-order valence-electron chi connectivity index (χ4n) is 5.24. The second-order valence-corrected chi connectivity index (χ2v) is 10.6. The van der Waals surface area contributed by atoms with Crippen molar-refractivity contribution in [3.05, 3.63) is 71.8 Å². The molecule has 2 aliphatic heterocycles. The number of nitrogens with zero attached hydrogens (tertiary/aromatic N) is 3. The summed E-state index contributed by atoms with van der Waals surface area (Å²) < 4.78 is 44.9. The third-order valence-corrected chi connectivity index (χ3v) is 7.77. The number of nitrogens with two attached hydrogens (primary N) is 1. The Kier molecular flexibility index (Phi) is 10.1. The van der Waals surface area contributed by atoms with Gasteiger partial charge in [-0.3, -0.25) is 24.1 Å². The number of halogens is 3. The van der Waals surface area contributed by atoms with Crippen LogP contribution < -0.4 is 16.4 Å². The van der Waals surface area contributed by atoms with Crippen molar-refractivity contribution < 1.29 is 41.9 Å². The minimum atomic E-state index is -5.25. The summed E-state index contributed by atoms with van der Waals surface area (Å²) >= 11 is 0. The zero-order valence-electron chi connectivity index (χ0n) is 24.4. The van der Waals surface area contributed by atoms with Gasteiger partial charge in [0.05, 0.1) is 0 Å². The topological polar surface area (TPSA) is 163 Å². The lowest BCUT2D eigenvalue weighted by molar-refractivity contribution is -0.178. The minimum Gasteiger partial charge on any atom is -0.443 e. The first-order valence-corrected chi connectivity index (χ1v) is 14.3. The molecule has 2 saturated heterocycles. The number of rotatable bonds is 8. The van der Waals surface area contributed by atoms with E-state index in [0.29, 0.717) is 6.42 Å². The number of hydrogen-bond acceptors (Lipinski definition) is 6. The van der Waals surface area contributed by atoms with Gasteiger partial charge in [-0.25, -0.2) is 4.79 Å². The van der Waals surface area contributed by atoms with Crippen molar-refractivity contribution in [2.24, 2.45) is 10.7 Å². The molecule has 15 heteroatoms. The van der Waals surface area contributed by atoms with Crippen LogP contribution in [0.1, 0.15) is 43.7 Å². The van der Waals surface area contributed by atoms with Gasteiger partial charge in [0.1, 0.15) is 24.2 Å². The molecule has 4 N–H and O–H groups in total. The fraction of sp³-hybridized carbons (Fsp3) is 0.400. The highest BCUT2D eigenvalue weighted by Gasteiger charge is 2.52. The smallest absolute Gasteiger partial charge is 0.443 e. The molecular formula is C30H33F3N6O6. The van der Waals surface area contributed by atoms with E-state index in [1.165, 1.54) is 31.2 Å². The van der Waals surface area contributed by atoms with Crippen LogP contribution in [0.3, 0.4) is 0 Å². The summed E-state index contributed by atoms with van der Waals surface area (Å²) in [5.41, 5.74) is 4.68. The van der Waals surface area contributed by atoms with Crippen LogP contribution >= 0.6 is 0 Å². The molecule has 0 bridgehead atoms. The summed E-state index contributed by atoms with van der Waals surface area (Å²) in [6.07, 6.45) is -5.67. The first-order valence-electron chi connectivity index (χ1n) is 14.3. The van der Waals surface area contributed by atoms with E-state index in [-0.39, 0.29) is 44.5 Å². The number of piperidine rings is 1. The molecule has 4 rings (SSSR count). The predicted molar refractivity (Wildman–Crippen MR) is 154 cm³/mol. The average molecular weight is 631 g/mol. The van der Waals surface area contributed by atoms with E-state index < -0.39 is 59.5 Å². The first-order chi connectivity index (χ1) is 21.4. The van der Waals surface area contributed by atoms with Gasteiger partial charge in [0.2, 0.25) is 11.9 Å². The Hall–Kier alpha value is -4.95. The normalized spacial score (nSPS) is 20.0. The standard InChI is InChI=1S/C30H33F3N6O6/c1-2-29(20-12-7-4-8-13-20,37-25(42)30(31,32)33)26(43)38-17-15-22(38)23(40)35-21-14-9-16-39(24(21)41)27(34)36-28(44)45-18-19-10-5-3-6-11-19/h3-8,10-13,21-22H,2,9,14-18H2,1H3,(H,35,40)(H,37,42)(H2,34,36,44)/t21-,22-,29+/m0/s1. The number of carbonyl (C=O) groups excluding carboxylic acids is 5. The van der Waals surface area contributed by atoms with Crippen molar-refractivity contribution in [2.75, 3.05) is 13.1 Å². The molecule has 3 atom stereocenters. The Balaban J connectivity index is 1.43. The molecule has 2 fully saturated rings. The fourth-order valence-corrected chi connectivity index (χ4v) is 5.24. The molecule has 5 amide bonds. The van der Waals surface area contributed by atoms with Gasteiger partial charge in [0, 0.05) is 13.1 Å². The first kappa shape index (κ1) is 33.0. The zero-order chi connectivity index (χ0) is 32.8. The van der Waals surface area contributed by atoms with Gasteiger partial charge in [-0.2, -0.15) is 13.2 Å². The van der Waals surface area contributed by atoms with E-state index in [1.54, 1.807) is 36.4 Å². The van der Waals surface area contributed by atoms with E-state index in [1.807, 2.05) is 5.32 Å². The molecule has 12 nitrogen and oxygen atoms in total. The van der Waals surface area contributed by atoms with Crippen molar-refractivity contribution in [1.82, 2.24) is 20.4 Å². The number of amides is 5. The molecule has 0 aliphatic carbocycles. The minimum absolute atomic E-state index is 0.0445. The summed E-state index contributed by atoms with van der Waals surface area (Å²) in [7, 11) is 0. The lowest BCUT2D eigenvalue weighted by Crippen LogP contribution is -2.68. The number of hydrogen-bond donors (Lipinski definition) is 3. The van der Waals surface area contributed by atoms with Crippen molar-refractivity contribution >= 4 is 35.7 Å². The molecular weight excluding hydrogens is 597 g/mol. The number of likely N-dealkylation sites (tertiary alicyclic amines) is 2. The summed E-state index contributed by atoms with van der Waals surface area (Å²) in [6.45, 7) is 1.58. The SMILES string of the molecule is CC[C@](NC(=O)C(F)(F)F)(C(=O)N1CC[C@H]1C(=O)N[C@H]1CCCN(/C(N)=N/C(=O)OCc2ccccc2)C1=O)c1ccccc1. The zero-order valence-corrected chi connectivity index (χ0v) is 24.4. The molecule has 2 heterocycles. The van der Waals surface area contributed by atoms with Crippen LogP contribution in [0.25, 0.3) is 0 Å². The number of alkyl halides is 3. The van der Waals surface area contributed by atoms with E-state index in [9.17, 15) is 37.1 Å². The van der Waals surface area contributed by atoms with E-state index in [0.717, 1.165) is 15.4 Å². The number of carbonyl (C=O) groups is 5. The Morgan fingerprint density at radius 2 is 1.64 bits per heavy atom. The third kappa shape index (κ3) is 7.41. The highest BCUT2D eigenvalue weighted by molar-refractivity contribution is 6.04. The quantitative estimate of drug-likeness (QED) is 0.298. The monoisotopic (exact) mass is 630 g/mol. The Labute approximate surface area is 256 Å². The van der Waals surface area contributed by atoms with Gasteiger partial charge >= 0.3 is 18.2 Å². The van der Waals surface area contributed by atoms with Crippen molar-refractivity contribution in [3.8, 4) is 0 Å². The maximum absolute atomic E-state index is 13.8. The van der Waals surface area contributed by atoms with Gasteiger partial charge in [-0.15, -0.1) is 4.99 Å². The lowest BCUT2D eigenvalue weighted by Gasteiger charge is -2.46. The lowest BCUT2D eigenvalue weighted by atomic mass is 9.83. The summed E-state index contributed by atoms with van der Waals surface area (Å²) in [6, 6.07) is 14.2. The predicted octanol–water partition coefficient (Wildman–Crippen LogP) is 2.33. The Morgan fingerprint density at radius 1 is 1.00 bits per heavy atom. The molecule has 2 aromatic carbocycles.